The van der Waals surface area contributed by atoms with Gasteiger partial charge in [0, 0.05) is 12.1 Å². The summed E-state index contributed by atoms with van der Waals surface area (Å²) in [5.74, 6) is 0.00710. The number of aromatic nitrogens is 4. The summed E-state index contributed by atoms with van der Waals surface area (Å²) in [6, 6.07) is 0. The minimum Gasteiger partial charge on any atom is -0.369 e. The van der Waals surface area contributed by atoms with Crippen LogP contribution in [0.3, 0.4) is 0 Å². The maximum Gasteiger partial charge on any atom is 0.339 e. The van der Waals surface area contributed by atoms with Crippen molar-refractivity contribution in [1.29, 1.82) is 0 Å². The average Bonchev–Trinajstić information content (AvgIpc) is 3.04. The highest BCUT2D eigenvalue weighted by molar-refractivity contribution is 7.51. The molecule has 0 bridgehead atoms. The lowest BCUT2D eigenvalue weighted by molar-refractivity contribution is 0.211. The van der Waals surface area contributed by atoms with Crippen molar-refractivity contribution in [2.75, 3.05) is 19.1 Å². The number of rotatable bonds is 5. The predicted octanol–water partition coefficient (Wildman–Crippen LogP) is -0.699. The predicted molar refractivity (Wildman–Crippen MR) is 79.2 cm³/mol. The van der Waals surface area contributed by atoms with E-state index in [9.17, 15) is 9.36 Å². The minimum absolute atomic E-state index is 0.00710. The van der Waals surface area contributed by atoms with Crippen LogP contribution in [-0.2, 0) is 11.1 Å². The van der Waals surface area contributed by atoms with Crippen LogP contribution in [0.1, 0.15) is 12.8 Å². The lowest BCUT2D eigenvalue weighted by atomic mass is 10.2. The van der Waals surface area contributed by atoms with Crippen LogP contribution < -0.4 is 11.3 Å². The Morgan fingerprint density at radius 3 is 2.82 bits per heavy atom. The average molecular weight is 328 g/mol. The van der Waals surface area contributed by atoms with Gasteiger partial charge in [-0.3, -0.25) is 19.2 Å². The molecular weight excluding hydrogens is 311 g/mol. The molecule has 1 saturated carbocycles. The van der Waals surface area contributed by atoms with Gasteiger partial charge in [-0.2, -0.15) is 4.98 Å². The van der Waals surface area contributed by atoms with E-state index in [0.717, 1.165) is 12.8 Å². The molecule has 2 aromatic heterocycles. The molecule has 0 aromatic carbocycles. The van der Waals surface area contributed by atoms with Gasteiger partial charge < -0.3 is 20.1 Å². The Balaban J connectivity index is 1.90. The standard InChI is InChI=1S/C11H17N6O4P/c1-16(6-22(19,20)21)11(2-3-11)4-17-5-13-7-8(17)14-10(12)15-9(7)18/h5H,2-4,6H2,1H3,(H2,19,20,21)(H3,12,14,15,18). The molecule has 120 valence electrons. The lowest BCUT2D eigenvalue weighted by Gasteiger charge is -2.28. The third kappa shape index (κ3) is 2.78. The van der Waals surface area contributed by atoms with E-state index in [1.807, 2.05) is 0 Å². The molecular formula is C11H17N6O4P. The first-order valence-electron chi connectivity index (χ1n) is 6.67. The van der Waals surface area contributed by atoms with Gasteiger partial charge in [0.2, 0.25) is 5.95 Å². The summed E-state index contributed by atoms with van der Waals surface area (Å²) in [6.07, 6.45) is 2.80. The maximum absolute atomic E-state index is 11.8. The highest BCUT2D eigenvalue weighted by Gasteiger charge is 2.48. The molecule has 22 heavy (non-hydrogen) atoms. The smallest absolute Gasteiger partial charge is 0.339 e. The number of aromatic amines is 1. The van der Waals surface area contributed by atoms with Crippen molar-refractivity contribution in [3.05, 3.63) is 16.7 Å². The van der Waals surface area contributed by atoms with Crippen molar-refractivity contribution >= 4 is 24.7 Å². The number of likely N-dealkylation sites (N-methyl/N-ethyl adjacent to an activating group) is 1. The Morgan fingerprint density at radius 1 is 1.55 bits per heavy atom. The third-order valence-electron chi connectivity index (χ3n) is 3.99. The van der Waals surface area contributed by atoms with Crippen LogP contribution in [0.2, 0.25) is 0 Å². The minimum atomic E-state index is -4.12. The highest BCUT2D eigenvalue weighted by Crippen LogP contribution is 2.47. The molecule has 5 N–H and O–H groups in total. The Labute approximate surface area is 125 Å². The number of nitrogens with two attached hydrogens (primary N) is 1. The van der Waals surface area contributed by atoms with Crippen LogP contribution in [0.25, 0.3) is 11.2 Å². The fourth-order valence-corrected chi connectivity index (χ4v) is 3.49. The molecule has 0 atom stereocenters. The van der Waals surface area contributed by atoms with Crippen molar-refractivity contribution in [2.24, 2.45) is 0 Å². The monoisotopic (exact) mass is 328 g/mol. The van der Waals surface area contributed by atoms with Gasteiger partial charge in [-0.1, -0.05) is 0 Å². The second-order valence-corrected chi connectivity index (χ2v) is 7.34. The second kappa shape index (κ2) is 4.88. The van der Waals surface area contributed by atoms with E-state index in [1.165, 1.54) is 6.33 Å². The zero-order chi connectivity index (χ0) is 16.1. The lowest BCUT2D eigenvalue weighted by Crippen LogP contribution is -2.38. The molecule has 0 amide bonds. The maximum atomic E-state index is 11.8. The molecule has 1 fully saturated rings. The van der Waals surface area contributed by atoms with Crippen LogP contribution in [-0.4, -0.2) is 53.1 Å². The molecule has 10 nitrogen and oxygen atoms in total. The van der Waals surface area contributed by atoms with Crippen molar-refractivity contribution in [1.82, 2.24) is 24.4 Å². The van der Waals surface area contributed by atoms with Crippen LogP contribution in [0, 0.1) is 0 Å². The number of anilines is 1. The van der Waals surface area contributed by atoms with Gasteiger partial charge in [0.05, 0.1) is 6.33 Å². The fraction of sp³-hybridized carbons (Fsp3) is 0.545. The van der Waals surface area contributed by atoms with Crippen LogP contribution in [0.4, 0.5) is 5.95 Å². The quantitative estimate of drug-likeness (QED) is 0.526. The fourth-order valence-electron chi connectivity index (χ4n) is 2.63. The van der Waals surface area contributed by atoms with E-state index in [-0.39, 0.29) is 23.3 Å². The Kier molecular flexibility index (Phi) is 3.37. The SMILES string of the molecule is CN(CP(=O)(O)O)C1(Cn2cnc3c(=O)[nH]c(N)nc32)CC1. The van der Waals surface area contributed by atoms with Gasteiger partial charge >= 0.3 is 7.60 Å². The van der Waals surface area contributed by atoms with E-state index in [2.05, 4.69) is 15.0 Å². The highest BCUT2D eigenvalue weighted by atomic mass is 31.2. The van der Waals surface area contributed by atoms with E-state index in [1.54, 1.807) is 16.5 Å². The van der Waals surface area contributed by atoms with Crippen LogP contribution in [0.15, 0.2) is 11.1 Å². The molecule has 3 rings (SSSR count). The topological polar surface area (TPSA) is 150 Å². The molecule has 11 heteroatoms. The van der Waals surface area contributed by atoms with E-state index in [0.29, 0.717) is 12.2 Å². The molecule has 0 aliphatic heterocycles. The Morgan fingerprint density at radius 2 is 2.23 bits per heavy atom. The summed E-state index contributed by atoms with van der Waals surface area (Å²) >= 11 is 0. The summed E-state index contributed by atoms with van der Waals surface area (Å²) < 4.78 is 12.9. The summed E-state index contributed by atoms with van der Waals surface area (Å²) in [7, 11) is -2.44. The molecule has 1 aliphatic carbocycles. The second-order valence-electron chi connectivity index (χ2n) is 5.72. The molecule has 2 heterocycles. The summed E-state index contributed by atoms with van der Waals surface area (Å²) in [5.41, 5.74) is 5.36. The van der Waals surface area contributed by atoms with Crippen molar-refractivity contribution in [2.45, 2.75) is 24.9 Å². The third-order valence-corrected chi connectivity index (χ3v) is 4.78. The first-order valence-corrected chi connectivity index (χ1v) is 8.46. The van der Waals surface area contributed by atoms with Crippen molar-refractivity contribution < 1.29 is 14.4 Å². The zero-order valence-electron chi connectivity index (χ0n) is 11.9. The molecule has 0 unspecified atom stereocenters. The number of nitrogen functional groups attached to an aromatic ring is 1. The largest absolute Gasteiger partial charge is 0.369 e. The summed E-state index contributed by atoms with van der Waals surface area (Å²) in [4.78, 5) is 42.2. The number of nitrogens with one attached hydrogen (secondary N) is 1. The van der Waals surface area contributed by atoms with Crippen LogP contribution in [0.5, 0.6) is 0 Å². The number of nitrogens with zero attached hydrogens (tertiary/aromatic N) is 4. The number of imidazole rings is 1. The zero-order valence-corrected chi connectivity index (χ0v) is 12.8. The van der Waals surface area contributed by atoms with Crippen molar-refractivity contribution in [3.63, 3.8) is 0 Å². The molecule has 1 aliphatic rings. The first kappa shape index (κ1) is 15.2. The van der Waals surface area contributed by atoms with E-state index < -0.39 is 13.2 Å². The summed E-state index contributed by atoms with van der Waals surface area (Å²) in [6.45, 7) is 0.440. The van der Waals surface area contributed by atoms with Gasteiger partial charge in [-0.15, -0.1) is 0 Å². The number of fused-ring (bicyclic) bond motifs is 1. The van der Waals surface area contributed by atoms with Gasteiger partial charge in [0.1, 0.15) is 6.29 Å². The normalized spacial score (nSPS) is 17.3. The van der Waals surface area contributed by atoms with Gasteiger partial charge in [0.25, 0.3) is 5.56 Å². The van der Waals surface area contributed by atoms with E-state index >= 15 is 0 Å². The summed E-state index contributed by atoms with van der Waals surface area (Å²) in [5, 5.41) is 0. The molecule has 0 saturated heterocycles. The first-order chi connectivity index (χ1) is 10.2. The van der Waals surface area contributed by atoms with Gasteiger partial charge in [-0.05, 0) is 19.9 Å². The van der Waals surface area contributed by atoms with Crippen LogP contribution >= 0.6 is 7.60 Å². The molecule has 0 radical (unpaired) electrons. The van der Waals surface area contributed by atoms with Gasteiger partial charge in [0.15, 0.2) is 11.2 Å². The number of H-pyrrole nitrogens is 1. The Bertz CT molecular complexity index is 820. The molecule has 2 aromatic rings. The molecule has 0 spiro atoms. The number of hydrogen-bond acceptors (Lipinski definition) is 6. The number of hydrogen-bond donors (Lipinski definition) is 4. The Hall–Kier alpha value is -1.74. The van der Waals surface area contributed by atoms with E-state index in [4.69, 9.17) is 15.5 Å². The van der Waals surface area contributed by atoms with Crippen molar-refractivity contribution in [3.8, 4) is 0 Å². The van der Waals surface area contributed by atoms with Gasteiger partial charge in [-0.25, -0.2) is 4.98 Å².